The second-order valence-electron chi connectivity index (χ2n) is 6.08. The average molecular weight is 304 g/mol. The van der Waals surface area contributed by atoms with E-state index in [2.05, 4.69) is 10.6 Å². The van der Waals surface area contributed by atoms with Gasteiger partial charge in [0.15, 0.2) is 9.84 Å². The van der Waals surface area contributed by atoms with Crippen LogP contribution in [-0.4, -0.2) is 48.1 Å². The van der Waals surface area contributed by atoms with Crippen LogP contribution >= 0.6 is 0 Å². The van der Waals surface area contributed by atoms with Gasteiger partial charge in [0.05, 0.1) is 17.0 Å². The summed E-state index contributed by atoms with van der Waals surface area (Å²) in [5.41, 5.74) is -2.03. The Morgan fingerprint density at radius 3 is 2.15 bits per heavy atom. The quantitative estimate of drug-likeness (QED) is 0.692. The third kappa shape index (κ3) is 3.05. The van der Waals surface area contributed by atoms with Gasteiger partial charge in [-0.3, -0.25) is 0 Å². The number of hydrogen-bond donors (Lipinski definition) is 3. The van der Waals surface area contributed by atoms with Gasteiger partial charge in [0.25, 0.3) is 0 Å². The van der Waals surface area contributed by atoms with Gasteiger partial charge in [-0.1, -0.05) is 12.8 Å². The summed E-state index contributed by atoms with van der Waals surface area (Å²) in [7, 11) is -3.12. The first-order chi connectivity index (χ1) is 9.17. The highest BCUT2D eigenvalue weighted by Gasteiger charge is 2.45. The van der Waals surface area contributed by atoms with Gasteiger partial charge in [0.1, 0.15) is 5.54 Å². The Hall–Kier alpha value is -1.31. The van der Waals surface area contributed by atoms with Crippen molar-refractivity contribution in [2.24, 2.45) is 0 Å². The molecule has 1 atom stereocenters. The maximum Gasteiger partial charge on any atom is 0.329 e. The van der Waals surface area contributed by atoms with Crippen molar-refractivity contribution >= 4 is 21.8 Å². The van der Waals surface area contributed by atoms with Crippen molar-refractivity contribution < 1.29 is 23.1 Å². The molecule has 20 heavy (non-hydrogen) atoms. The van der Waals surface area contributed by atoms with Gasteiger partial charge >= 0.3 is 12.0 Å². The van der Waals surface area contributed by atoms with Gasteiger partial charge in [0, 0.05) is 0 Å². The molecule has 2 rings (SSSR count). The highest BCUT2D eigenvalue weighted by molar-refractivity contribution is 7.91. The number of carbonyl (C=O) groups is 2. The van der Waals surface area contributed by atoms with Crippen LogP contribution in [0.3, 0.4) is 0 Å². The number of amides is 2. The average Bonchev–Trinajstić information content (AvgIpc) is 2.84. The van der Waals surface area contributed by atoms with E-state index in [0.717, 1.165) is 12.8 Å². The lowest BCUT2D eigenvalue weighted by Gasteiger charge is -2.29. The molecule has 2 aliphatic rings. The van der Waals surface area contributed by atoms with Crippen molar-refractivity contribution in [1.29, 1.82) is 0 Å². The zero-order valence-electron chi connectivity index (χ0n) is 11.4. The molecule has 114 valence electrons. The molecule has 3 N–H and O–H groups in total. The van der Waals surface area contributed by atoms with Crippen molar-refractivity contribution in [3.05, 3.63) is 0 Å². The second kappa shape index (κ2) is 4.91. The highest BCUT2D eigenvalue weighted by Crippen LogP contribution is 2.30. The molecule has 1 saturated carbocycles. The molecule has 0 aromatic carbocycles. The summed E-state index contributed by atoms with van der Waals surface area (Å²) in [6, 6.07) is -0.603. The molecule has 0 radical (unpaired) electrons. The molecule has 0 aromatic rings. The lowest BCUT2D eigenvalue weighted by atomic mass is 9.98. The first-order valence-electron chi connectivity index (χ1n) is 6.71. The summed E-state index contributed by atoms with van der Waals surface area (Å²) in [5, 5.41) is 14.4. The summed E-state index contributed by atoms with van der Waals surface area (Å²) in [5.74, 6) is -1.09. The number of nitrogens with one attached hydrogen (secondary N) is 2. The standard InChI is InChI=1S/C12H20N2O5S/c1-11(6-7-20(18,19)8-11)13-10(17)14-12(9(15)16)4-2-3-5-12/h2-8H2,1H3,(H,15,16)(H2,13,14,17). The number of sulfone groups is 1. The zero-order chi connectivity index (χ0) is 15.0. The molecular formula is C12H20N2O5S. The van der Waals surface area contributed by atoms with Crippen LogP contribution in [0.2, 0.25) is 0 Å². The summed E-state index contributed by atoms with van der Waals surface area (Å²) < 4.78 is 23.0. The minimum absolute atomic E-state index is 0.0495. The van der Waals surface area contributed by atoms with Gasteiger partial charge in [-0.2, -0.15) is 0 Å². The molecule has 0 aromatic heterocycles. The number of carboxylic acid groups (broad SMARTS) is 1. The first kappa shape index (κ1) is 15.1. The van der Waals surface area contributed by atoms with Crippen molar-refractivity contribution in [2.75, 3.05) is 11.5 Å². The van der Waals surface area contributed by atoms with Crippen LogP contribution in [0.1, 0.15) is 39.0 Å². The molecule has 1 unspecified atom stereocenters. The topological polar surface area (TPSA) is 113 Å². The van der Waals surface area contributed by atoms with E-state index in [-0.39, 0.29) is 11.5 Å². The minimum atomic E-state index is -3.12. The minimum Gasteiger partial charge on any atom is -0.480 e. The van der Waals surface area contributed by atoms with E-state index in [1.165, 1.54) is 0 Å². The fourth-order valence-electron chi connectivity index (χ4n) is 3.00. The molecular weight excluding hydrogens is 284 g/mol. The Morgan fingerprint density at radius 2 is 1.70 bits per heavy atom. The van der Waals surface area contributed by atoms with Crippen molar-refractivity contribution in [3.8, 4) is 0 Å². The Labute approximate surface area is 118 Å². The summed E-state index contributed by atoms with van der Waals surface area (Å²) in [4.78, 5) is 23.3. The Balaban J connectivity index is 2.01. The maximum atomic E-state index is 12.0. The fourth-order valence-corrected chi connectivity index (χ4v) is 5.10. The molecule has 2 fully saturated rings. The monoisotopic (exact) mass is 304 g/mol. The highest BCUT2D eigenvalue weighted by atomic mass is 32.2. The third-order valence-electron chi connectivity index (χ3n) is 4.14. The Bertz CT molecular complexity index is 524. The van der Waals surface area contributed by atoms with E-state index in [9.17, 15) is 23.1 Å². The van der Waals surface area contributed by atoms with Gasteiger partial charge in [0.2, 0.25) is 0 Å². The lowest BCUT2D eigenvalue weighted by Crippen LogP contribution is -2.59. The van der Waals surface area contributed by atoms with E-state index < -0.39 is 32.9 Å². The number of aliphatic carboxylic acids is 1. The zero-order valence-corrected chi connectivity index (χ0v) is 12.3. The second-order valence-corrected chi connectivity index (χ2v) is 8.26. The molecule has 2 amide bonds. The van der Waals surface area contributed by atoms with E-state index in [1.54, 1.807) is 6.92 Å². The predicted molar refractivity (Wildman–Crippen MR) is 72.2 cm³/mol. The maximum absolute atomic E-state index is 12.0. The third-order valence-corrected chi connectivity index (χ3v) is 6.04. The van der Waals surface area contributed by atoms with E-state index in [1.807, 2.05) is 0 Å². The number of carbonyl (C=O) groups excluding carboxylic acids is 1. The number of hydrogen-bond acceptors (Lipinski definition) is 4. The van der Waals surface area contributed by atoms with Gasteiger partial charge in [-0.15, -0.1) is 0 Å². The Morgan fingerprint density at radius 1 is 1.10 bits per heavy atom. The molecule has 1 heterocycles. The Kier molecular flexibility index (Phi) is 3.70. The van der Waals surface area contributed by atoms with Crippen LogP contribution in [0.25, 0.3) is 0 Å². The predicted octanol–water partition coefficient (Wildman–Crippen LogP) is 0.260. The largest absolute Gasteiger partial charge is 0.480 e. The first-order valence-corrected chi connectivity index (χ1v) is 8.53. The molecule has 7 nitrogen and oxygen atoms in total. The SMILES string of the molecule is CC1(NC(=O)NC2(C(=O)O)CCCC2)CCS(=O)(=O)C1. The van der Waals surface area contributed by atoms with Crippen LogP contribution < -0.4 is 10.6 Å². The molecule has 0 bridgehead atoms. The van der Waals surface area contributed by atoms with Crippen molar-refractivity contribution in [3.63, 3.8) is 0 Å². The van der Waals surface area contributed by atoms with Gasteiger partial charge < -0.3 is 15.7 Å². The normalized spacial score (nSPS) is 30.9. The van der Waals surface area contributed by atoms with Gasteiger partial charge in [-0.25, -0.2) is 18.0 Å². The van der Waals surface area contributed by atoms with Crippen LogP contribution in [-0.2, 0) is 14.6 Å². The van der Waals surface area contributed by atoms with Crippen LogP contribution in [0.15, 0.2) is 0 Å². The molecule has 1 aliphatic heterocycles. The summed E-state index contributed by atoms with van der Waals surface area (Å²) in [6.45, 7) is 1.67. The van der Waals surface area contributed by atoms with Crippen LogP contribution in [0.4, 0.5) is 4.79 Å². The van der Waals surface area contributed by atoms with E-state index >= 15 is 0 Å². The molecule has 1 aliphatic carbocycles. The molecule has 1 saturated heterocycles. The lowest BCUT2D eigenvalue weighted by molar-refractivity contribution is -0.144. The molecule has 8 heteroatoms. The van der Waals surface area contributed by atoms with Crippen molar-refractivity contribution in [2.45, 2.75) is 50.1 Å². The van der Waals surface area contributed by atoms with Crippen molar-refractivity contribution in [1.82, 2.24) is 10.6 Å². The number of carboxylic acids is 1. The van der Waals surface area contributed by atoms with Crippen LogP contribution in [0, 0.1) is 0 Å². The number of rotatable bonds is 3. The van der Waals surface area contributed by atoms with E-state index in [4.69, 9.17) is 0 Å². The smallest absolute Gasteiger partial charge is 0.329 e. The number of urea groups is 1. The summed E-state index contributed by atoms with van der Waals surface area (Å²) >= 11 is 0. The van der Waals surface area contributed by atoms with Gasteiger partial charge in [-0.05, 0) is 26.2 Å². The van der Waals surface area contributed by atoms with Crippen LogP contribution in [0.5, 0.6) is 0 Å². The van der Waals surface area contributed by atoms with E-state index in [0.29, 0.717) is 19.3 Å². The fraction of sp³-hybridized carbons (Fsp3) is 0.833. The molecule has 0 spiro atoms. The summed E-state index contributed by atoms with van der Waals surface area (Å²) in [6.07, 6.45) is 2.69.